The van der Waals surface area contributed by atoms with Gasteiger partial charge in [0.1, 0.15) is 11.5 Å². The summed E-state index contributed by atoms with van der Waals surface area (Å²) in [5.74, 6) is -0.336. The Balaban J connectivity index is 1.33. The zero-order chi connectivity index (χ0) is 24.1. The number of benzene rings is 1. The minimum Gasteiger partial charge on any atom is -0.349 e. The van der Waals surface area contributed by atoms with Crippen molar-refractivity contribution in [1.29, 1.82) is 0 Å². The van der Waals surface area contributed by atoms with E-state index in [9.17, 15) is 9.18 Å². The number of amides is 1. The van der Waals surface area contributed by atoms with Crippen molar-refractivity contribution in [2.75, 3.05) is 20.1 Å². The molecule has 3 aromatic heterocycles. The smallest absolute Gasteiger partial charge is 0.254 e. The predicted octanol–water partition coefficient (Wildman–Crippen LogP) is 4.34. The van der Waals surface area contributed by atoms with Crippen LogP contribution in [-0.2, 0) is 0 Å². The zero-order valence-corrected chi connectivity index (χ0v) is 20.0. The van der Waals surface area contributed by atoms with Gasteiger partial charge in [0.05, 0.1) is 29.3 Å². The van der Waals surface area contributed by atoms with E-state index >= 15 is 0 Å². The number of halogens is 1. The van der Waals surface area contributed by atoms with Crippen molar-refractivity contribution >= 4 is 11.6 Å². The summed E-state index contributed by atoms with van der Waals surface area (Å²) in [5.41, 5.74) is 5.52. The number of aryl methyl sites for hydroxylation is 1. The highest BCUT2D eigenvalue weighted by atomic mass is 19.1. The molecule has 2 fully saturated rings. The normalized spacial score (nSPS) is 17.2. The number of nitrogens with zero attached hydrogens (tertiary/aromatic N) is 5. The second-order valence-electron chi connectivity index (χ2n) is 9.95. The first-order chi connectivity index (χ1) is 17.0. The molecule has 0 spiro atoms. The third-order valence-corrected chi connectivity index (χ3v) is 7.29. The first-order valence-electron chi connectivity index (χ1n) is 12.3. The van der Waals surface area contributed by atoms with Crippen LogP contribution < -0.4 is 5.32 Å². The van der Waals surface area contributed by atoms with Crippen LogP contribution in [0.25, 0.3) is 22.6 Å². The number of rotatable bonds is 5. The van der Waals surface area contributed by atoms with Crippen LogP contribution in [0.2, 0.25) is 0 Å². The van der Waals surface area contributed by atoms with Crippen molar-refractivity contribution in [3.63, 3.8) is 0 Å². The maximum absolute atomic E-state index is 14.6. The lowest BCUT2D eigenvalue weighted by atomic mass is 9.91. The minimum absolute atomic E-state index is 0.0483. The Kier molecular flexibility index (Phi) is 5.40. The highest BCUT2D eigenvalue weighted by Crippen LogP contribution is 2.30. The molecule has 0 bridgehead atoms. The summed E-state index contributed by atoms with van der Waals surface area (Å²) < 4.78 is 18.4. The molecule has 1 aliphatic heterocycles. The maximum atomic E-state index is 14.6. The molecule has 0 unspecified atom stereocenters. The van der Waals surface area contributed by atoms with E-state index in [0.717, 1.165) is 55.7 Å². The van der Waals surface area contributed by atoms with Gasteiger partial charge >= 0.3 is 0 Å². The number of pyridine rings is 1. The van der Waals surface area contributed by atoms with Crippen LogP contribution in [0.1, 0.15) is 53.1 Å². The fraction of sp³-hybridized carbons (Fsp3) is 0.370. The number of hydrogen-bond donors (Lipinski definition) is 1. The molecule has 4 heterocycles. The molecule has 2 aliphatic rings. The second kappa shape index (κ2) is 8.61. The summed E-state index contributed by atoms with van der Waals surface area (Å²) in [4.78, 5) is 19.5. The Bertz CT molecular complexity index is 1410. The molecule has 180 valence electrons. The van der Waals surface area contributed by atoms with Crippen LogP contribution >= 0.6 is 0 Å². The van der Waals surface area contributed by atoms with Gasteiger partial charge in [-0.15, -0.1) is 0 Å². The summed E-state index contributed by atoms with van der Waals surface area (Å²) >= 11 is 0. The molecule has 35 heavy (non-hydrogen) atoms. The number of aromatic nitrogens is 4. The lowest BCUT2D eigenvalue weighted by Gasteiger charge is -2.29. The molecule has 0 radical (unpaired) electrons. The third kappa shape index (κ3) is 4.23. The number of carbonyl (C=O) groups excluding carboxylic acids is 1. The van der Waals surface area contributed by atoms with E-state index in [1.807, 2.05) is 19.3 Å². The Hall–Kier alpha value is -3.52. The summed E-state index contributed by atoms with van der Waals surface area (Å²) in [6.45, 7) is 4.05. The van der Waals surface area contributed by atoms with Gasteiger partial charge in [-0.2, -0.15) is 5.10 Å². The minimum atomic E-state index is -0.514. The van der Waals surface area contributed by atoms with Gasteiger partial charge in [0.25, 0.3) is 5.91 Å². The Morgan fingerprint density at radius 1 is 1.09 bits per heavy atom. The third-order valence-electron chi connectivity index (χ3n) is 7.29. The van der Waals surface area contributed by atoms with E-state index in [-0.39, 0.29) is 17.5 Å². The SMILES string of the molecule is Cc1cc(F)c(C(=O)NC2CC2)cc1-n1cc(-c2cnc3ccc(C4CCN(C)CC4)cn23)cn1. The van der Waals surface area contributed by atoms with Gasteiger partial charge in [0, 0.05) is 24.0 Å². The van der Waals surface area contributed by atoms with E-state index < -0.39 is 5.82 Å². The highest BCUT2D eigenvalue weighted by Gasteiger charge is 2.26. The number of hydrogen-bond acceptors (Lipinski definition) is 4. The Morgan fingerprint density at radius 3 is 2.66 bits per heavy atom. The zero-order valence-electron chi connectivity index (χ0n) is 20.0. The molecule has 7 nitrogen and oxygen atoms in total. The lowest BCUT2D eigenvalue weighted by molar-refractivity contribution is 0.0947. The van der Waals surface area contributed by atoms with Crippen LogP contribution in [0.5, 0.6) is 0 Å². The molecule has 0 atom stereocenters. The quantitative estimate of drug-likeness (QED) is 0.469. The van der Waals surface area contributed by atoms with Crippen LogP contribution in [0.3, 0.4) is 0 Å². The standard InChI is InChI=1S/C27H29FN6O/c1-17-11-23(28)22(27(35)31-21-4-5-21)12-24(17)34-16-20(13-30-34)25-14-29-26-6-3-19(15-33(25)26)18-7-9-32(2)10-8-18/h3,6,11-16,18,21H,4-5,7-10H2,1-2H3,(H,31,35). The van der Waals surface area contributed by atoms with Crippen molar-refractivity contribution in [1.82, 2.24) is 29.4 Å². The van der Waals surface area contributed by atoms with E-state index in [1.54, 1.807) is 16.9 Å². The van der Waals surface area contributed by atoms with Crippen LogP contribution in [0.15, 0.2) is 49.1 Å². The van der Waals surface area contributed by atoms with E-state index in [4.69, 9.17) is 0 Å². The first-order valence-corrected chi connectivity index (χ1v) is 12.3. The average Bonchev–Trinajstić information content (AvgIpc) is 3.36. The van der Waals surface area contributed by atoms with Gasteiger partial charge in [-0.25, -0.2) is 14.1 Å². The van der Waals surface area contributed by atoms with E-state index in [1.165, 1.54) is 11.6 Å². The van der Waals surface area contributed by atoms with Crippen molar-refractivity contribution in [2.45, 2.75) is 44.6 Å². The summed E-state index contributed by atoms with van der Waals surface area (Å²) in [5, 5.41) is 7.42. The van der Waals surface area contributed by atoms with Crippen LogP contribution in [0, 0.1) is 12.7 Å². The largest absolute Gasteiger partial charge is 0.349 e. The molecule has 8 heteroatoms. The molecular weight excluding hydrogens is 443 g/mol. The summed E-state index contributed by atoms with van der Waals surface area (Å²) in [6, 6.07) is 7.43. The van der Waals surface area contributed by atoms with Gasteiger partial charge in [-0.1, -0.05) is 6.07 Å². The van der Waals surface area contributed by atoms with Crippen molar-refractivity contribution < 1.29 is 9.18 Å². The van der Waals surface area contributed by atoms with Crippen LogP contribution in [-0.4, -0.2) is 56.2 Å². The van der Waals surface area contributed by atoms with Crippen LogP contribution in [0.4, 0.5) is 4.39 Å². The number of imidazole rings is 1. The maximum Gasteiger partial charge on any atom is 0.254 e. The highest BCUT2D eigenvalue weighted by molar-refractivity contribution is 5.95. The van der Waals surface area contributed by atoms with Gasteiger partial charge in [0.2, 0.25) is 0 Å². The monoisotopic (exact) mass is 472 g/mol. The van der Waals surface area contributed by atoms with E-state index in [0.29, 0.717) is 17.2 Å². The Labute approximate surface area is 203 Å². The van der Waals surface area contributed by atoms with Crippen molar-refractivity contribution in [3.8, 4) is 16.9 Å². The molecule has 1 N–H and O–H groups in total. The topological polar surface area (TPSA) is 67.5 Å². The molecular formula is C27H29FN6O. The molecule has 1 aliphatic carbocycles. The number of likely N-dealkylation sites (tertiary alicyclic amines) is 1. The second-order valence-corrected chi connectivity index (χ2v) is 9.95. The fourth-order valence-corrected chi connectivity index (χ4v) is 4.95. The molecule has 1 saturated heterocycles. The molecule has 4 aromatic rings. The van der Waals surface area contributed by atoms with Gasteiger partial charge < -0.3 is 10.2 Å². The van der Waals surface area contributed by atoms with Gasteiger partial charge in [-0.3, -0.25) is 9.20 Å². The molecule has 6 rings (SSSR count). The van der Waals surface area contributed by atoms with Gasteiger partial charge in [-0.05, 0) is 88.0 Å². The van der Waals surface area contributed by atoms with E-state index in [2.05, 4.69) is 50.1 Å². The van der Waals surface area contributed by atoms with Crippen molar-refractivity contribution in [2.24, 2.45) is 0 Å². The van der Waals surface area contributed by atoms with Gasteiger partial charge in [0.15, 0.2) is 0 Å². The fourth-order valence-electron chi connectivity index (χ4n) is 4.95. The average molecular weight is 473 g/mol. The molecule has 1 aromatic carbocycles. The Morgan fingerprint density at radius 2 is 1.89 bits per heavy atom. The number of fused-ring (bicyclic) bond motifs is 1. The molecule has 1 saturated carbocycles. The van der Waals surface area contributed by atoms with Crippen molar-refractivity contribution in [3.05, 3.63) is 71.6 Å². The molecule has 1 amide bonds. The lowest BCUT2D eigenvalue weighted by Crippen LogP contribution is -2.29. The number of nitrogens with one attached hydrogen (secondary N) is 1. The summed E-state index contributed by atoms with van der Waals surface area (Å²) in [6.07, 6.45) is 12.0. The number of carbonyl (C=O) groups is 1. The predicted molar refractivity (Wildman–Crippen MR) is 132 cm³/mol. The first kappa shape index (κ1) is 22.0. The number of piperidine rings is 1. The summed E-state index contributed by atoms with van der Waals surface area (Å²) in [7, 11) is 2.18.